The summed E-state index contributed by atoms with van der Waals surface area (Å²) in [4.78, 5) is 0. The van der Waals surface area contributed by atoms with Crippen molar-refractivity contribution in [1.82, 2.24) is 10.2 Å². The number of hydrogen-bond acceptors (Lipinski definition) is 2. The van der Waals surface area contributed by atoms with Gasteiger partial charge in [0, 0.05) is 17.3 Å². The molecule has 0 unspecified atom stereocenters. The van der Waals surface area contributed by atoms with Crippen molar-refractivity contribution in [3.05, 3.63) is 72.1 Å². The maximum absolute atomic E-state index is 14.1. The number of nitrogens with one attached hydrogen (secondary N) is 1. The number of nitrogens with zero attached hydrogens (tertiary/aromatic N) is 1. The molecule has 0 amide bonds. The van der Waals surface area contributed by atoms with Crippen molar-refractivity contribution in [1.29, 1.82) is 0 Å². The highest BCUT2D eigenvalue weighted by molar-refractivity contribution is 5.63. The van der Waals surface area contributed by atoms with Gasteiger partial charge < -0.3 is 4.74 Å². The number of ether oxygens (including phenoxy) is 1. The van der Waals surface area contributed by atoms with Crippen LogP contribution in [0.5, 0.6) is 5.75 Å². The zero-order valence-corrected chi connectivity index (χ0v) is 11.0. The summed E-state index contributed by atoms with van der Waals surface area (Å²) in [6.07, 6.45) is 2.94. The molecule has 0 radical (unpaired) electrons. The molecule has 0 saturated heterocycles. The largest absolute Gasteiger partial charge is 0.486 e. The number of halogens is 2. The molecular weight excluding hydrogens is 274 g/mol. The van der Waals surface area contributed by atoms with Gasteiger partial charge in [-0.25, -0.2) is 4.39 Å². The monoisotopic (exact) mass is 286 g/mol. The first-order chi connectivity index (χ1) is 10.3. The van der Waals surface area contributed by atoms with Crippen molar-refractivity contribution in [3.8, 4) is 16.9 Å². The van der Waals surface area contributed by atoms with E-state index in [0.29, 0.717) is 5.56 Å². The van der Waals surface area contributed by atoms with Crippen LogP contribution in [0.3, 0.4) is 0 Å². The Bertz CT molecular complexity index is 728. The summed E-state index contributed by atoms with van der Waals surface area (Å²) in [7, 11) is 0. The first-order valence-electron chi connectivity index (χ1n) is 6.39. The average Bonchev–Trinajstić information content (AvgIpc) is 3.04. The Morgan fingerprint density at radius 3 is 2.52 bits per heavy atom. The summed E-state index contributed by atoms with van der Waals surface area (Å²) in [5, 5.41) is 6.29. The van der Waals surface area contributed by atoms with E-state index in [1.54, 1.807) is 0 Å². The van der Waals surface area contributed by atoms with E-state index in [1.165, 1.54) is 24.5 Å². The van der Waals surface area contributed by atoms with Gasteiger partial charge in [0.15, 0.2) is 11.6 Å². The van der Waals surface area contributed by atoms with E-state index in [9.17, 15) is 8.78 Å². The Hall–Kier alpha value is -2.69. The average molecular weight is 286 g/mol. The van der Waals surface area contributed by atoms with Crippen molar-refractivity contribution >= 4 is 0 Å². The molecule has 0 spiro atoms. The van der Waals surface area contributed by atoms with E-state index in [1.807, 2.05) is 30.3 Å². The van der Waals surface area contributed by atoms with Crippen LogP contribution in [-0.4, -0.2) is 10.2 Å². The number of H-pyrrole nitrogens is 1. The number of aromatic nitrogens is 2. The number of benzene rings is 2. The minimum Gasteiger partial charge on any atom is -0.486 e. The van der Waals surface area contributed by atoms with Gasteiger partial charge in [0.1, 0.15) is 6.61 Å². The van der Waals surface area contributed by atoms with E-state index in [2.05, 4.69) is 10.2 Å². The summed E-state index contributed by atoms with van der Waals surface area (Å²) in [6.45, 7) is 0.183. The van der Waals surface area contributed by atoms with Crippen LogP contribution in [0.15, 0.2) is 54.9 Å². The van der Waals surface area contributed by atoms with Gasteiger partial charge in [0.05, 0.1) is 6.20 Å². The quantitative estimate of drug-likeness (QED) is 0.789. The zero-order chi connectivity index (χ0) is 14.7. The van der Waals surface area contributed by atoms with Crippen LogP contribution < -0.4 is 4.74 Å². The molecule has 21 heavy (non-hydrogen) atoms. The molecular formula is C16H12F2N2O. The molecule has 0 saturated carbocycles. The Kier molecular flexibility index (Phi) is 3.64. The van der Waals surface area contributed by atoms with Gasteiger partial charge in [-0.05, 0) is 17.7 Å². The van der Waals surface area contributed by atoms with Crippen molar-refractivity contribution in [2.75, 3.05) is 0 Å². The van der Waals surface area contributed by atoms with Gasteiger partial charge in [0.25, 0.3) is 0 Å². The predicted octanol–water partition coefficient (Wildman–Crippen LogP) is 3.93. The number of rotatable bonds is 4. The first kappa shape index (κ1) is 13.3. The molecule has 3 aromatic rings. The maximum atomic E-state index is 14.1. The van der Waals surface area contributed by atoms with Gasteiger partial charge >= 0.3 is 0 Å². The Morgan fingerprint density at radius 2 is 1.81 bits per heavy atom. The van der Waals surface area contributed by atoms with E-state index < -0.39 is 11.6 Å². The lowest BCUT2D eigenvalue weighted by atomic mass is 10.1. The molecule has 3 nitrogen and oxygen atoms in total. The molecule has 0 aliphatic heterocycles. The fourth-order valence-electron chi connectivity index (χ4n) is 2.00. The third-order valence-corrected chi connectivity index (χ3v) is 3.09. The van der Waals surface area contributed by atoms with E-state index >= 15 is 0 Å². The smallest absolute Gasteiger partial charge is 0.201 e. The summed E-state index contributed by atoms with van der Waals surface area (Å²) in [6, 6.07) is 12.2. The van der Waals surface area contributed by atoms with Crippen LogP contribution >= 0.6 is 0 Å². The van der Waals surface area contributed by atoms with Crippen LogP contribution in [0.4, 0.5) is 8.78 Å². The van der Waals surface area contributed by atoms with Gasteiger partial charge in [-0.1, -0.05) is 30.3 Å². The van der Waals surface area contributed by atoms with Gasteiger partial charge in [-0.2, -0.15) is 9.49 Å². The van der Waals surface area contributed by atoms with Crippen molar-refractivity contribution in [2.24, 2.45) is 0 Å². The predicted molar refractivity (Wildman–Crippen MR) is 74.7 cm³/mol. The lowest BCUT2D eigenvalue weighted by Crippen LogP contribution is -2.00. The summed E-state index contributed by atoms with van der Waals surface area (Å²) in [5.41, 5.74) is 1.52. The fraction of sp³-hybridized carbons (Fsp3) is 0.0625. The first-order valence-corrected chi connectivity index (χ1v) is 6.39. The molecule has 5 heteroatoms. The van der Waals surface area contributed by atoms with Crippen LogP contribution in [0.25, 0.3) is 11.1 Å². The second-order valence-electron chi connectivity index (χ2n) is 4.50. The Balaban J connectivity index is 1.83. The van der Waals surface area contributed by atoms with Crippen LogP contribution in [0.2, 0.25) is 0 Å². The van der Waals surface area contributed by atoms with Gasteiger partial charge in [-0.15, -0.1) is 0 Å². The molecule has 0 aliphatic rings. The van der Waals surface area contributed by atoms with E-state index in [4.69, 9.17) is 4.74 Å². The third-order valence-electron chi connectivity index (χ3n) is 3.09. The minimum absolute atomic E-state index is 0.108. The Labute approximate surface area is 120 Å². The summed E-state index contributed by atoms with van der Waals surface area (Å²) >= 11 is 0. The maximum Gasteiger partial charge on any atom is 0.201 e. The van der Waals surface area contributed by atoms with Crippen molar-refractivity contribution < 1.29 is 13.5 Å². The highest BCUT2D eigenvalue weighted by Crippen LogP contribution is 2.29. The second kappa shape index (κ2) is 5.75. The van der Waals surface area contributed by atoms with Crippen LogP contribution in [0, 0.1) is 11.6 Å². The molecule has 106 valence electrons. The highest BCUT2D eigenvalue weighted by Gasteiger charge is 2.16. The summed E-state index contributed by atoms with van der Waals surface area (Å²) < 4.78 is 33.4. The fourth-order valence-corrected chi connectivity index (χ4v) is 2.00. The molecule has 3 rings (SSSR count). The lowest BCUT2D eigenvalue weighted by Gasteiger charge is -2.09. The molecule has 1 N–H and O–H groups in total. The molecule has 0 bridgehead atoms. The highest BCUT2D eigenvalue weighted by atomic mass is 19.2. The third kappa shape index (κ3) is 2.76. The van der Waals surface area contributed by atoms with Crippen molar-refractivity contribution in [2.45, 2.75) is 6.61 Å². The van der Waals surface area contributed by atoms with Gasteiger partial charge in [0.2, 0.25) is 5.82 Å². The lowest BCUT2D eigenvalue weighted by molar-refractivity contribution is 0.285. The summed E-state index contributed by atoms with van der Waals surface area (Å²) in [5.74, 6) is -2.05. The minimum atomic E-state index is -0.996. The number of hydrogen-bond donors (Lipinski definition) is 1. The standard InChI is InChI=1S/C16H12F2N2O/c17-15-13(12-8-19-20-9-12)6-7-14(16(15)18)21-10-11-4-2-1-3-5-11/h1-9H,10H2,(H,19,20). The molecule has 1 aromatic heterocycles. The van der Waals surface area contributed by atoms with Gasteiger partial charge in [-0.3, -0.25) is 5.10 Å². The molecule has 0 fully saturated rings. The molecule has 0 aliphatic carbocycles. The second-order valence-corrected chi connectivity index (χ2v) is 4.50. The Morgan fingerprint density at radius 1 is 1.00 bits per heavy atom. The zero-order valence-electron chi connectivity index (χ0n) is 11.0. The van der Waals surface area contributed by atoms with E-state index in [-0.39, 0.29) is 17.9 Å². The van der Waals surface area contributed by atoms with E-state index in [0.717, 1.165) is 5.56 Å². The molecule has 1 heterocycles. The van der Waals surface area contributed by atoms with Crippen LogP contribution in [-0.2, 0) is 6.61 Å². The topological polar surface area (TPSA) is 37.9 Å². The van der Waals surface area contributed by atoms with Crippen molar-refractivity contribution in [3.63, 3.8) is 0 Å². The SMILES string of the molecule is Fc1c(OCc2ccccc2)ccc(-c2cn[nH]c2)c1F. The number of aromatic amines is 1. The molecule has 0 atom stereocenters. The van der Waals surface area contributed by atoms with Crippen LogP contribution in [0.1, 0.15) is 5.56 Å². The normalized spacial score (nSPS) is 10.6. The molecule has 2 aromatic carbocycles.